The summed E-state index contributed by atoms with van der Waals surface area (Å²) in [6.07, 6.45) is 1.13. The van der Waals surface area contributed by atoms with Gasteiger partial charge in [0.1, 0.15) is 0 Å². The Morgan fingerprint density at radius 2 is 2.00 bits per heavy atom. The van der Waals surface area contributed by atoms with Crippen molar-refractivity contribution >= 4 is 33.1 Å². The number of halogens is 1. The molecule has 0 spiro atoms. The summed E-state index contributed by atoms with van der Waals surface area (Å²) in [4.78, 5) is 0. The number of hydrogen-bond donors (Lipinski definition) is 0. The molecule has 58 valence electrons. The molecule has 0 fully saturated rings. The molecular weight excluding hydrogens is 171 g/mol. The van der Waals surface area contributed by atoms with Crippen molar-refractivity contribution in [3.63, 3.8) is 0 Å². The van der Waals surface area contributed by atoms with Gasteiger partial charge in [0.15, 0.2) is 16.3 Å². The molecule has 0 aliphatic carbocycles. The van der Waals surface area contributed by atoms with Crippen LogP contribution in [0.4, 0.5) is 0 Å². The highest BCUT2D eigenvalue weighted by molar-refractivity contribution is 6.33. The Hall–Kier alpha value is 0.0425. The first-order valence-corrected chi connectivity index (χ1v) is 4.16. The first-order chi connectivity index (χ1) is 4.74. The minimum Gasteiger partial charge on any atom is -0.147 e. The van der Waals surface area contributed by atoms with Gasteiger partial charge >= 0.3 is 0 Å². The summed E-state index contributed by atoms with van der Waals surface area (Å²) in [6.45, 7) is 4.31. The van der Waals surface area contributed by atoms with Crippen LogP contribution in [-0.2, 0) is 6.42 Å². The third-order valence-electron chi connectivity index (χ3n) is 1.68. The molecule has 0 N–H and O–H groups in total. The molecule has 2 heteroatoms. The van der Waals surface area contributed by atoms with E-state index in [1.165, 1.54) is 15.6 Å². The summed E-state index contributed by atoms with van der Waals surface area (Å²) < 4.78 is 1.33. The number of benzene rings is 1. The van der Waals surface area contributed by atoms with E-state index < -0.39 is 0 Å². The minimum absolute atomic E-state index is 0. The second-order valence-electron chi connectivity index (χ2n) is 2.56. The van der Waals surface area contributed by atoms with Crippen LogP contribution >= 0.6 is 12.4 Å². The average Bonchev–Trinajstić information content (AvgIpc) is 1.94. The molecule has 0 nitrogen and oxygen atoms in total. The van der Waals surface area contributed by atoms with Crippen LogP contribution in [0, 0.1) is 6.92 Å². The van der Waals surface area contributed by atoms with Crippen LogP contribution in [0.5, 0.6) is 0 Å². The summed E-state index contributed by atoms with van der Waals surface area (Å²) >= 11 is 2.75. The third-order valence-corrected chi connectivity index (χ3v) is 2.24. The lowest BCUT2D eigenvalue weighted by Gasteiger charge is -2.03. The molecular formula is C9H12AlCl. The maximum absolute atomic E-state index is 2.75. The Bertz CT molecular complexity index is 233. The molecule has 0 aliphatic rings. The van der Waals surface area contributed by atoms with Gasteiger partial charge in [0.05, 0.1) is 0 Å². The maximum Gasteiger partial charge on any atom is 0.176 e. The smallest absolute Gasteiger partial charge is 0.147 e. The molecule has 0 saturated carbocycles. The van der Waals surface area contributed by atoms with Crippen LogP contribution in [-0.4, -0.2) is 16.3 Å². The van der Waals surface area contributed by atoms with Gasteiger partial charge < -0.3 is 0 Å². The first kappa shape index (κ1) is 11.0. The molecule has 0 amide bonds. The van der Waals surface area contributed by atoms with E-state index in [-0.39, 0.29) is 12.4 Å². The van der Waals surface area contributed by atoms with Crippen LogP contribution in [0.25, 0.3) is 0 Å². The highest BCUT2D eigenvalue weighted by atomic mass is 35.5. The van der Waals surface area contributed by atoms with E-state index in [2.05, 4.69) is 48.3 Å². The van der Waals surface area contributed by atoms with Crippen molar-refractivity contribution in [2.75, 3.05) is 0 Å². The van der Waals surface area contributed by atoms with Crippen LogP contribution in [0.15, 0.2) is 18.2 Å². The van der Waals surface area contributed by atoms with E-state index >= 15 is 0 Å². The van der Waals surface area contributed by atoms with Gasteiger partial charge in [-0.15, -0.1) is 16.8 Å². The molecule has 0 atom stereocenters. The first-order valence-electron chi connectivity index (χ1n) is 3.59. The van der Waals surface area contributed by atoms with Gasteiger partial charge in [-0.3, -0.25) is 0 Å². The van der Waals surface area contributed by atoms with Crippen LogP contribution < -0.4 is 4.43 Å². The summed E-state index contributed by atoms with van der Waals surface area (Å²) in [5.41, 5.74) is 2.79. The molecule has 1 aromatic carbocycles. The second kappa shape index (κ2) is 4.83. The minimum atomic E-state index is 0. The third kappa shape index (κ3) is 2.87. The number of rotatable bonds is 1. The van der Waals surface area contributed by atoms with Gasteiger partial charge in [0.25, 0.3) is 0 Å². The zero-order valence-electron chi connectivity index (χ0n) is 6.92. The normalized spacial score (nSPS) is 8.91. The summed E-state index contributed by atoms with van der Waals surface area (Å²) in [5.74, 6) is 0. The van der Waals surface area contributed by atoms with E-state index in [0.717, 1.165) is 6.42 Å². The van der Waals surface area contributed by atoms with E-state index in [4.69, 9.17) is 0 Å². The standard InChI is InChI=1S/C9H11.Al.ClH/c1-3-9-6-4-5-8(2)7-9;;/h4-5,7H,3H2,1-2H3;;1H. The van der Waals surface area contributed by atoms with Crippen LogP contribution in [0.1, 0.15) is 18.1 Å². The molecule has 0 unspecified atom stereocenters. The van der Waals surface area contributed by atoms with Gasteiger partial charge in [-0.05, 0) is 13.3 Å². The number of aryl methyl sites for hydroxylation is 2. The Balaban J connectivity index is 0.000001000. The van der Waals surface area contributed by atoms with E-state index in [1.807, 2.05) is 0 Å². The predicted molar refractivity (Wildman–Crippen MR) is 53.2 cm³/mol. The lowest BCUT2D eigenvalue weighted by Crippen LogP contribution is -2.08. The highest BCUT2D eigenvalue weighted by Gasteiger charge is 1.92. The SMILES string of the molecule is CCc1cc(C)cc[c]1[Al].Cl. The molecule has 2 radical (unpaired) electrons. The summed E-state index contributed by atoms with van der Waals surface area (Å²) in [5, 5.41) is 0. The number of hydrogen-bond acceptors (Lipinski definition) is 0. The lowest BCUT2D eigenvalue weighted by molar-refractivity contribution is 1.15. The van der Waals surface area contributed by atoms with Gasteiger partial charge in [-0.2, -0.15) is 0 Å². The molecule has 1 aromatic rings. The van der Waals surface area contributed by atoms with Crippen molar-refractivity contribution in [3.8, 4) is 0 Å². The molecule has 11 heavy (non-hydrogen) atoms. The van der Waals surface area contributed by atoms with E-state index in [1.54, 1.807) is 0 Å². The fourth-order valence-electron chi connectivity index (χ4n) is 1.04. The second-order valence-corrected chi connectivity index (χ2v) is 3.18. The van der Waals surface area contributed by atoms with Gasteiger partial charge in [0, 0.05) is 0 Å². The molecule has 0 aliphatic heterocycles. The Morgan fingerprint density at radius 3 is 2.45 bits per heavy atom. The quantitative estimate of drug-likeness (QED) is 0.581. The Kier molecular flexibility index (Phi) is 4.85. The molecule has 0 aromatic heterocycles. The van der Waals surface area contributed by atoms with Crippen LogP contribution in [0.2, 0.25) is 0 Å². The Labute approximate surface area is 82.8 Å². The molecule has 1 rings (SSSR count). The maximum atomic E-state index is 2.75. The summed E-state index contributed by atoms with van der Waals surface area (Å²) in [7, 11) is 0. The van der Waals surface area contributed by atoms with Crippen molar-refractivity contribution in [2.24, 2.45) is 0 Å². The highest BCUT2D eigenvalue weighted by Crippen LogP contribution is 2.00. The average molecular weight is 183 g/mol. The van der Waals surface area contributed by atoms with Crippen molar-refractivity contribution in [3.05, 3.63) is 29.3 Å². The van der Waals surface area contributed by atoms with Crippen molar-refractivity contribution in [1.29, 1.82) is 0 Å². The zero-order chi connectivity index (χ0) is 7.56. The molecule has 0 saturated heterocycles. The van der Waals surface area contributed by atoms with Crippen molar-refractivity contribution in [1.82, 2.24) is 0 Å². The molecule has 0 bridgehead atoms. The topological polar surface area (TPSA) is 0 Å². The molecule has 0 heterocycles. The monoisotopic (exact) mass is 182 g/mol. The summed E-state index contributed by atoms with van der Waals surface area (Å²) in [6, 6.07) is 6.53. The largest absolute Gasteiger partial charge is 0.176 e. The van der Waals surface area contributed by atoms with Gasteiger partial charge in [-0.1, -0.05) is 36.2 Å². The zero-order valence-corrected chi connectivity index (χ0v) is 8.90. The Morgan fingerprint density at radius 1 is 1.36 bits per heavy atom. The van der Waals surface area contributed by atoms with E-state index in [0.29, 0.717) is 0 Å². The predicted octanol–water partition coefficient (Wildman–Crippen LogP) is 1.77. The van der Waals surface area contributed by atoms with E-state index in [9.17, 15) is 0 Å². The van der Waals surface area contributed by atoms with Crippen molar-refractivity contribution in [2.45, 2.75) is 20.3 Å². The lowest BCUT2D eigenvalue weighted by atomic mass is 10.1. The van der Waals surface area contributed by atoms with Crippen molar-refractivity contribution < 1.29 is 0 Å². The fourth-order valence-corrected chi connectivity index (χ4v) is 1.42. The van der Waals surface area contributed by atoms with Crippen LogP contribution in [0.3, 0.4) is 0 Å². The van der Waals surface area contributed by atoms with Gasteiger partial charge in [-0.25, -0.2) is 0 Å². The fraction of sp³-hybridized carbons (Fsp3) is 0.333. The van der Waals surface area contributed by atoms with Gasteiger partial charge in [0.2, 0.25) is 0 Å².